The maximum atomic E-state index is 12.7. The highest BCUT2D eigenvalue weighted by Crippen LogP contribution is 2.38. The lowest BCUT2D eigenvalue weighted by Gasteiger charge is -2.33. The van der Waals surface area contributed by atoms with E-state index in [4.69, 9.17) is 5.73 Å². The fourth-order valence-corrected chi connectivity index (χ4v) is 3.64. The van der Waals surface area contributed by atoms with E-state index < -0.39 is 5.41 Å². The summed E-state index contributed by atoms with van der Waals surface area (Å²) in [4.78, 5) is 12.7. The van der Waals surface area contributed by atoms with E-state index in [9.17, 15) is 4.79 Å². The van der Waals surface area contributed by atoms with Crippen molar-refractivity contribution in [2.75, 3.05) is 0 Å². The van der Waals surface area contributed by atoms with Gasteiger partial charge in [0.25, 0.3) is 0 Å². The summed E-state index contributed by atoms with van der Waals surface area (Å²) in [6.07, 6.45) is 4.70. The van der Waals surface area contributed by atoms with Crippen molar-refractivity contribution in [1.29, 1.82) is 0 Å². The maximum absolute atomic E-state index is 12.7. The van der Waals surface area contributed by atoms with Crippen LogP contribution < -0.4 is 28.4 Å². The molecule has 0 heterocycles. The van der Waals surface area contributed by atoms with E-state index in [0.717, 1.165) is 36.8 Å². The number of primary amides is 1. The van der Waals surface area contributed by atoms with Crippen LogP contribution in [-0.2, 0) is 10.2 Å². The molecule has 0 unspecified atom stereocenters. The van der Waals surface area contributed by atoms with E-state index >= 15 is 0 Å². The van der Waals surface area contributed by atoms with Gasteiger partial charge in [-0.15, -0.1) is 0 Å². The van der Waals surface area contributed by atoms with Gasteiger partial charge in [-0.2, -0.15) is 0 Å². The second-order valence-corrected chi connectivity index (χ2v) is 7.06. The molecule has 0 fully saturated rings. The molecule has 4 heteroatoms. The highest BCUT2D eigenvalue weighted by molar-refractivity contribution is 5.90. The van der Waals surface area contributed by atoms with Crippen LogP contribution in [0, 0.1) is 0 Å². The minimum Gasteiger partial charge on any atom is -1.00 e. The number of carbonyl (C=O) groups is 1. The van der Waals surface area contributed by atoms with Gasteiger partial charge < -0.3 is 28.4 Å². The lowest BCUT2D eigenvalue weighted by molar-refractivity contribution is -0.481. The second kappa shape index (κ2) is 9.89. The number of carbonyl (C=O) groups excluding carboxylic acids is 1. The molecular weight excluding hydrogens is 388 g/mol. The van der Waals surface area contributed by atoms with Gasteiger partial charge >= 0.3 is 0 Å². The Morgan fingerprint density at radius 2 is 1.31 bits per heavy atom. The Morgan fingerprint density at radius 1 is 0.885 bits per heavy atom. The minimum atomic E-state index is -0.787. The van der Waals surface area contributed by atoms with Gasteiger partial charge in [-0.05, 0) is 36.8 Å². The first-order chi connectivity index (χ1) is 12.0. The van der Waals surface area contributed by atoms with Crippen LogP contribution in [0.3, 0.4) is 0 Å². The van der Waals surface area contributed by atoms with Crippen molar-refractivity contribution >= 4 is 5.91 Å². The summed E-state index contributed by atoms with van der Waals surface area (Å²) in [7, 11) is 0. The van der Waals surface area contributed by atoms with Gasteiger partial charge in [-0.1, -0.05) is 74.5 Å². The van der Waals surface area contributed by atoms with Crippen molar-refractivity contribution in [3.63, 3.8) is 0 Å². The number of hydrogen-bond donors (Lipinski definition) is 2. The fourth-order valence-electron chi connectivity index (χ4n) is 3.64. The number of quaternary nitrogens is 1. The molecule has 0 saturated carbocycles. The third kappa shape index (κ3) is 4.74. The maximum Gasteiger partial charge on any atom is 0.232 e. The van der Waals surface area contributed by atoms with Crippen LogP contribution in [0.2, 0.25) is 0 Å². The van der Waals surface area contributed by atoms with E-state index in [0.29, 0.717) is 6.42 Å². The molecule has 0 atom stereocenters. The van der Waals surface area contributed by atoms with E-state index in [-0.39, 0.29) is 28.4 Å². The molecule has 2 aromatic carbocycles. The molecule has 0 saturated heterocycles. The largest absolute Gasteiger partial charge is 1.00 e. The summed E-state index contributed by atoms with van der Waals surface area (Å²) in [5.41, 5.74) is 11.6. The van der Waals surface area contributed by atoms with Crippen molar-refractivity contribution < 1.29 is 27.5 Å². The number of rotatable bonds is 9. The highest BCUT2D eigenvalue weighted by atomic mass is 79.9. The first kappa shape index (κ1) is 22.4. The zero-order valence-corrected chi connectivity index (χ0v) is 17.5. The lowest BCUT2D eigenvalue weighted by Crippen LogP contribution is -3.00. The van der Waals surface area contributed by atoms with Crippen LogP contribution in [0.1, 0.15) is 57.1 Å². The van der Waals surface area contributed by atoms with Crippen LogP contribution in [0.25, 0.3) is 0 Å². The zero-order valence-electron chi connectivity index (χ0n) is 15.9. The lowest BCUT2D eigenvalue weighted by atomic mass is 9.69. The molecule has 3 nitrogen and oxygen atoms in total. The molecule has 0 aliphatic carbocycles. The first-order valence-electron chi connectivity index (χ1n) is 9.25. The summed E-state index contributed by atoms with van der Waals surface area (Å²) in [5, 5.41) is 0. The molecule has 5 N–H and O–H groups in total. The summed E-state index contributed by atoms with van der Waals surface area (Å²) in [6, 6.07) is 19.9. The Kier molecular flexibility index (Phi) is 8.51. The molecule has 0 aromatic heterocycles. The van der Waals surface area contributed by atoms with Crippen molar-refractivity contribution in [3.8, 4) is 0 Å². The zero-order chi connectivity index (χ0) is 18.3. The molecule has 2 aromatic rings. The number of benzene rings is 2. The second-order valence-electron chi connectivity index (χ2n) is 7.06. The van der Waals surface area contributed by atoms with Crippen LogP contribution in [-0.4, -0.2) is 11.4 Å². The van der Waals surface area contributed by atoms with E-state index in [1.165, 1.54) is 0 Å². The molecule has 142 valence electrons. The summed E-state index contributed by atoms with van der Waals surface area (Å²) < 4.78 is 0. The molecular formula is C22H31BrN2O. The van der Waals surface area contributed by atoms with Gasteiger partial charge in [0.1, 0.15) is 0 Å². The molecule has 2 rings (SSSR count). The molecule has 26 heavy (non-hydrogen) atoms. The van der Waals surface area contributed by atoms with Gasteiger partial charge in [0, 0.05) is 6.42 Å². The summed E-state index contributed by atoms with van der Waals surface area (Å²) in [5.74, 6) is -0.285. The Labute approximate surface area is 167 Å². The number of halogens is 1. The van der Waals surface area contributed by atoms with Crippen LogP contribution in [0.15, 0.2) is 60.7 Å². The molecule has 0 aliphatic rings. The predicted molar refractivity (Wildman–Crippen MR) is 103 cm³/mol. The van der Waals surface area contributed by atoms with Crippen LogP contribution in [0.4, 0.5) is 0 Å². The minimum absolute atomic E-state index is 0. The third-order valence-electron chi connectivity index (χ3n) is 5.71. The molecule has 0 radical (unpaired) electrons. The SMILES string of the molecule is CCC([NH3+])(CC)CCCC(C(N)=O)(c1ccccc1)c1ccccc1.[Br-]. The third-order valence-corrected chi connectivity index (χ3v) is 5.71. The van der Waals surface area contributed by atoms with Crippen LogP contribution in [0.5, 0.6) is 0 Å². The van der Waals surface area contributed by atoms with Crippen molar-refractivity contribution in [3.05, 3.63) is 71.8 Å². The van der Waals surface area contributed by atoms with E-state index in [2.05, 4.69) is 19.6 Å². The highest BCUT2D eigenvalue weighted by Gasteiger charge is 2.40. The number of hydrogen-bond acceptors (Lipinski definition) is 1. The number of nitrogens with two attached hydrogens (primary N) is 1. The average Bonchev–Trinajstić information content (AvgIpc) is 2.66. The Morgan fingerprint density at radius 3 is 1.65 bits per heavy atom. The summed E-state index contributed by atoms with van der Waals surface area (Å²) >= 11 is 0. The molecule has 1 amide bonds. The van der Waals surface area contributed by atoms with Crippen molar-refractivity contribution in [2.45, 2.75) is 56.9 Å². The first-order valence-corrected chi connectivity index (χ1v) is 9.25. The fraction of sp³-hybridized carbons (Fsp3) is 0.409. The average molecular weight is 419 g/mol. The van der Waals surface area contributed by atoms with Crippen LogP contribution >= 0.6 is 0 Å². The Hall–Kier alpha value is -1.65. The van der Waals surface area contributed by atoms with Crippen molar-refractivity contribution in [2.24, 2.45) is 5.73 Å². The Bertz CT molecular complexity index is 630. The molecule has 0 bridgehead atoms. The topological polar surface area (TPSA) is 70.7 Å². The van der Waals surface area contributed by atoms with Gasteiger partial charge in [-0.3, -0.25) is 4.79 Å². The van der Waals surface area contributed by atoms with Gasteiger partial charge in [0.15, 0.2) is 0 Å². The van der Waals surface area contributed by atoms with Gasteiger partial charge in [-0.25, -0.2) is 0 Å². The predicted octanol–water partition coefficient (Wildman–Crippen LogP) is 0.433. The standard InChI is InChI=1S/C22H30N2O.BrH/c1-3-21(24,4-2)16-11-17-22(20(23)25,18-12-7-5-8-13-18)19-14-9-6-10-15-19;/h5-10,12-15H,3-4,11,16-17,24H2,1-2H3,(H2,23,25);1H. The summed E-state index contributed by atoms with van der Waals surface area (Å²) in [6.45, 7) is 4.37. The van der Waals surface area contributed by atoms with Crippen molar-refractivity contribution in [1.82, 2.24) is 0 Å². The number of amides is 1. The smallest absolute Gasteiger partial charge is 0.232 e. The Balaban J connectivity index is 0.00000338. The van der Waals surface area contributed by atoms with E-state index in [1.54, 1.807) is 0 Å². The van der Waals surface area contributed by atoms with Gasteiger partial charge in [0.2, 0.25) is 5.91 Å². The van der Waals surface area contributed by atoms with E-state index in [1.807, 2.05) is 60.7 Å². The molecule has 0 spiro atoms. The quantitative estimate of drug-likeness (QED) is 0.608. The molecule has 0 aliphatic heterocycles. The normalized spacial score (nSPS) is 11.7. The monoisotopic (exact) mass is 418 g/mol. The van der Waals surface area contributed by atoms with Gasteiger partial charge in [0.05, 0.1) is 11.0 Å².